The fraction of sp³-hybridized carbons (Fsp3) is 0.667. The smallest absolute Gasteiger partial charge is 0.174 e. The Morgan fingerprint density at radius 2 is 2.55 bits per heavy atom. The van der Waals surface area contributed by atoms with Crippen LogP contribution in [-0.4, -0.2) is 28.7 Å². The minimum atomic E-state index is 0.476. The van der Waals surface area contributed by atoms with Gasteiger partial charge in [-0.1, -0.05) is 23.1 Å². The molecule has 1 aliphatic rings. The molecule has 3 nitrogen and oxygen atoms in total. The second kappa shape index (κ2) is 3.08. The van der Waals surface area contributed by atoms with Crippen molar-refractivity contribution in [1.82, 2.24) is 10.2 Å². The van der Waals surface area contributed by atoms with Crippen LogP contribution in [0.15, 0.2) is 4.34 Å². The molecule has 0 N–H and O–H groups in total. The molecular formula is C6H8N2OS2. The summed E-state index contributed by atoms with van der Waals surface area (Å²) in [5.41, 5.74) is 0. The van der Waals surface area contributed by atoms with Gasteiger partial charge in [0, 0.05) is 5.75 Å². The van der Waals surface area contributed by atoms with E-state index in [1.165, 1.54) is 0 Å². The van der Waals surface area contributed by atoms with Crippen LogP contribution in [0.4, 0.5) is 0 Å². The molecule has 0 bridgehead atoms. The summed E-state index contributed by atoms with van der Waals surface area (Å²) in [5, 5.41) is 8.94. The molecule has 1 fully saturated rings. The van der Waals surface area contributed by atoms with E-state index in [-0.39, 0.29) is 0 Å². The lowest BCUT2D eigenvalue weighted by Gasteiger charge is -1.88. The van der Waals surface area contributed by atoms with Gasteiger partial charge < -0.3 is 4.74 Å². The highest BCUT2D eigenvalue weighted by atomic mass is 32.2. The molecule has 1 aromatic heterocycles. The largest absolute Gasteiger partial charge is 0.372 e. The van der Waals surface area contributed by atoms with Gasteiger partial charge in [0.1, 0.15) is 5.01 Å². The minimum absolute atomic E-state index is 0.476. The minimum Gasteiger partial charge on any atom is -0.372 e. The van der Waals surface area contributed by atoms with Crippen molar-refractivity contribution in [2.75, 3.05) is 12.4 Å². The lowest BCUT2D eigenvalue weighted by atomic mass is 10.6. The Labute approximate surface area is 73.2 Å². The summed E-state index contributed by atoms with van der Waals surface area (Å²) in [7, 11) is 0. The van der Waals surface area contributed by atoms with Gasteiger partial charge in [-0.25, -0.2) is 0 Å². The first-order chi connectivity index (χ1) is 5.34. The van der Waals surface area contributed by atoms with E-state index < -0.39 is 0 Å². The van der Waals surface area contributed by atoms with Crippen LogP contribution in [0.25, 0.3) is 0 Å². The van der Waals surface area contributed by atoms with Gasteiger partial charge in [0.15, 0.2) is 4.34 Å². The van der Waals surface area contributed by atoms with Crippen LogP contribution in [0.3, 0.4) is 0 Å². The Morgan fingerprint density at radius 3 is 3.09 bits per heavy atom. The Hall–Kier alpha value is -0.130. The maximum atomic E-state index is 5.07. The van der Waals surface area contributed by atoms with Crippen molar-refractivity contribution in [1.29, 1.82) is 0 Å². The van der Waals surface area contributed by atoms with E-state index in [1.807, 2.05) is 6.92 Å². The Morgan fingerprint density at radius 1 is 1.73 bits per heavy atom. The molecule has 0 radical (unpaired) electrons. The molecule has 2 heterocycles. The fourth-order valence-corrected chi connectivity index (χ4v) is 2.50. The van der Waals surface area contributed by atoms with Gasteiger partial charge in [-0.05, 0) is 6.92 Å². The van der Waals surface area contributed by atoms with E-state index in [0.717, 1.165) is 21.7 Å². The van der Waals surface area contributed by atoms with Gasteiger partial charge in [-0.3, -0.25) is 0 Å². The quantitative estimate of drug-likeness (QED) is 0.530. The van der Waals surface area contributed by atoms with Crippen LogP contribution < -0.4 is 0 Å². The van der Waals surface area contributed by atoms with Gasteiger partial charge in [0.05, 0.1) is 12.7 Å². The number of rotatable bonds is 3. The molecule has 0 spiro atoms. The molecule has 1 aromatic rings. The van der Waals surface area contributed by atoms with Gasteiger partial charge in [-0.15, -0.1) is 10.2 Å². The molecule has 0 aromatic carbocycles. The van der Waals surface area contributed by atoms with E-state index in [1.54, 1.807) is 23.1 Å². The highest BCUT2D eigenvalue weighted by Gasteiger charge is 2.22. The summed E-state index contributed by atoms with van der Waals surface area (Å²) in [5.74, 6) is 1.02. The maximum absolute atomic E-state index is 5.07. The third kappa shape index (κ3) is 2.15. The molecule has 0 amide bonds. The fourth-order valence-electron chi connectivity index (χ4n) is 0.665. The van der Waals surface area contributed by atoms with Crippen molar-refractivity contribution in [3.05, 3.63) is 5.01 Å². The zero-order chi connectivity index (χ0) is 7.68. The summed E-state index contributed by atoms with van der Waals surface area (Å²) in [4.78, 5) is 0. The summed E-state index contributed by atoms with van der Waals surface area (Å²) >= 11 is 3.37. The van der Waals surface area contributed by atoms with Crippen LogP contribution in [0.5, 0.6) is 0 Å². The number of thioether (sulfide) groups is 1. The highest BCUT2D eigenvalue weighted by Crippen LogP contribution is 2.25. The second-order valence-corrected chi connectivity index (χ2v) is 4.80. The number of hydrogen-bond acceptors (Lipinski definition) is 5. The standard InChI is InChI=1S/C6H8N2OS2/c1-4-7-8-6(11-4)10-3-5-2-9-5/h5H,2-3H2,1H3/t5-/m1/s1. The molecule has 0 unspecified atom stereocenters. The number of epoxide rings is 1. The van der Waals surface area contributed by atoms with Crippen molar-refractivity contribution in [2.45, 2.75) is 17.4 Å². The van der Waals surface area contributed by atoms with Crippen LogP contribution in [0, 0.1) is 6.92 Å². The SMILES string of the molecule is Cc1nnc(SC[C@H]2CO2)s1. The molecule has 1 atom stereocenters. The van der Waals surface area contributed by atoms with Gasteiger partial charge in [0.25, 0.3) is 0 Å². The van der Waals surface area contributed by atoms with E-state index in [0.29, 0.717) is 6.10 Å². The van der Waals surface area contributed by atoms with E-state index >= 15 is 0 Å². The van der Waals surface area contributed by atoms with Crippen LogP contribution in [0.2, 0.25) is 0 Å². The molecule has 1 saturated heterocycles. The monoisotopic (exact) mass is 188 g/mol. The normalized spacial score (nSPS) is 22.1. The van der Waals surface area contributed by atoms with Crippen LogP contribution >= 0.6 is 23.1 Å². The van der Waals surface area contributed by atoms with E-state index in [4.69, 9.17) is 4.74 Å². The molecule has 2 rings (SSSR count). The first-order valence-electron chi connectivity index (χ1n) is 3.39. The van der Waals surface area contributed by atoms with Crippen LogP contribution in [-0.2, 0) is 4.74 Å². The zero-order valence-electron chi connectivity index (χ0n) is 6.11. The van der Waals surface area contributed by atoms with E-state index in [9.17, 15) is 0 Å². The Balaban J connectivity index is 1.85. The molecule has 0 saturated carbocycles. The summed E-state index contributed by atoms with van der Waals surface area (Å²) in [6.45, 7) is 2.89. The predicted octanol–water partition coefficient (Wildman–Crippen LogP) is 1.34. The second-order valence-electron chi connectivity index (χ2n) is 2.35. The van der Waals surface area contributed by atoms with Gasteiger partial charge in [-0.2, -0.15) is 0 Å². The lowest BCUT2D eigenvalue weighted by Crippen LogP contribution is -1.87. The average Bonchev–Trinajstić information content (AvgIpc) is 2.72. The van der Waals surface area contributed by atoms with Crippen molar-refractivity contribution in [2.24, 2.45) is 0 Å². The van der Waals surface area contributed by atoms with Gasteiger partial charge >= 0.3 is 0 Å². The molecule has 1 aliphatic heterocycles. The number of nitrogens with zero attached hydrogens (tertiary/aromatic N) is 2. The third-order valence-corrected chi connectivity index (χ3v) is 3.41. The van der Waals surface area contributed by atoms with Crippen molar-refractivity contribution >= 4 is 23.1 Å². The first kappa shape index (κ1) is 7.52. The molecule has 11 heavy (non-hydrogen) atoms. The third-order valence-electron chi connectivity index (χ3n) is 1.30. The molecule has 5 heteroatoms. The zero-order valence-corrected chi connectivity index (χ0v) is 7.74. The number of ether oxygens (including phenoxy) is 1. The maximum Gasteiger partial charge on any atom is 0.174 e. The average molecular weight is 188 g/mol. The Kier molecular flexibility index (Phi) is 2.11. The number of aromatic nitrogens is 2. The molecular weight excluding hydrogens is 180 g/mol. The highest BCUT2D eigenvalue weighted by molar-refractivity contribution is 8.01. The first-order valence-corrected chi connectivity index (χ1v) is 5.19. The van der Waals surface area contributed by atoms with Crippen molar-refractivity contribution in [3.8, 4) is 0 Å². The Bertz CT molecular complexity index is 246. The summed E-state index contributed by atoms with van der Waals surface area (Å²) < 4.78 is 6.13. The number of aryl methyl sites for hydroxylation is 1. The molecule has 60 valence electrons. The lowest BCUT2D eigenvalue weighted by molar-refractivity contribution is 0.426. The summed E-state index contributed by atoms with van der Waals surface area (Å²) in [6.07, 6.45) is 0.476. The van der Waals surface area contributed by atoms with E-state index in [2.05, 4.69) is 10.2 Å². The summed E-state index contributed by atoms with van der Waals surface area (Å²) in [6, 6.07) is 0. The van der Waals surface area contributed by atoms with Crippen LogP contribution in [0.1, 0.15) is 5.01 Å². The number of hydrogen-bond donors (Lipinski definition) is 0. The van der Waals surface area contributed by atoms with Crippen molar-refractivity contribution < 1.29 is 4.74 Å². The topological polar surface area (TPSA) is 38.3 Å². The van der Waals surface area contributed by atoms with Crippen molar-refractivity contribution in [3.63, 3.8) is 0 Å². The predicted molar refractivity (Wildman–Crippen MR) is 45.1 cm³/mol. The van der Waals surface area contributed by atoms with Gasteiger partial charge in [0.2, 0.25) is 0 Å². The molecule has 0 aliphatic carbocycles.